The van der Waals surface area contributed by atoms with Gasteiger partial charge in [-0.25, -0.2) is 8.78 Å². The largest absolute Gasteiger partial charge is 0.469 e. The van der Waals surface area contributed by atoms with Crippen LogP contribution in [-0.4, -0.2) is 13.1 Å². The molecule has 4 heteroatoms. The lowest BCUT2D eigenvalue weighted by Gasteiger charge is -2.11. The van der Waals surface area contributed by atoms with E-state index in [1.807, 2.05) is 0 Å². The van der Waals surface area contributed by atoms with Crippen molar-refractivity contribution in [3.8, 4) is 0 Å². The minimum absolute atomic E-state index is 0.0185. The molecule has 0 aromatic heterocycles. The topological polar surface area (TPSA) is 26.3 Å². The Morgan fingerprint density at radius 3 is 2.47 bits per heavy atom. The molecule has 1 aromatic carbocycles. The molecule has 2 nitrogen and oxygen atoms in total. The van der Waals surface area contributed by atoms with Crippen molar-refractivity contribution >= 4 is 5.97 Å². The number of methoxy groups -OCH3 is 1. The van der Waals surface area contributed by atoms with Gasteiger partial charge in [-0.3, -0.25) is 4.79 Å². The van der Waals surface area contributed by atoms with Gasteiger partial charge in [-0.15, -0.1) is 0 Å². The number of benzene rings is 1. The SMILES string of the molecule is COC(=O)[C@@H](C)c1cc(F)c(C)cc1F. The molecule has 0 saturated carbocycles. The maximum atomic E-state index is 13.4. The molecule has 0 bridgehead atoms. The summed E-state index contributed by atoms with van der Waals surface area (Å²) in [5.41, 5.74) is 0.235. The minimum atomic E-state index is -0.801. The first-order chi connectivity index (χ1) is 6.97. The Kier molecular flexibility index (Phi) is 3.39. The van der Waals surface area contributed by atoms with Crippen molar-refractivity contribution in [1.29, 1.82) is 0 Å². The van der Waals surface area contributed by atoms with E-state index in [1.54, 1.807) is 0 Å². The lowest BCUT2D eigenvalue weighted by Crippen LogP contribution is -2.13. The van der Waals surface area contributed by atoms with Gasteiger partial charge in [-0.1, -0.05) is 0 Å². The van der Waals surface area contributed by atoms with Gasteiger partial charge in [0.25, 0.3) is 0 Å². The molecule has 0 aliphatic rings. The summed E-state index contributed by atoms with van der Waals surface area (Å²) >= 11 is 0. The molecular weight excluding hydrogens is 202 g/mol. The van der Waals surface area contributed by atoms with Crippen LogP contribution < -0.4 is 0 Å². The third kappa shape index (κ3) is 2.32. The fourth-order valence-electron chi connectivity index (χ4n) is 1.30. The Balaban J connectivity index is 3.14. The summed E-state index contributed by atoms with van der Waals surface area (Å²) in [4.78, 5) is 11.1. The van der Waals surface area contributed by atoms with E-state index in [-0.39, 0.29) is 11.1 Å². The van der Waals surface area contributed by atoms with Crippen molar-refractivity contribution < 1.29 is 18.3 Å². The monoisotopic (exact) mass is 214 g/mol. The summed E-state index contributed by atoms with van der Waals surface area (Å²) in [5, 5.41) is 0. The zero-order valence-corrected chi connectivity index (χ0v) is 8.80. The van der Waals surface area contributed by atoms with Gasteiger partial charge in [-0.05, 0) is 31.5 Å². The molecule has 0 unspecified atom stereocenters. The lowest BCUT2D eigenvalue weighted by molar-refractivity contribution is -0.142. The number of rotatable bonds is 2. The van der Waals surface area contributed by atoms with Gasteiger partial charge in [0.1, 0.15) is 11.6 Å². The second-order valence-electron chi connectivity index (χ2n) is 3.37. The van der Waals surface area contributed by atoms with Crippen molar-refractivity contribution in [3.05, 3.63) is 34.9 Å². The van der Waals surface area contributed by atoms with E-state index < -0.39 is 23.5 Å². The third-order valence-corrected chi connectivity index (χ3v) is 2.30. The highest BCUT2D eigenvalue weighted by Gasteiger charge is 2.20. The van der Waals surface area contributed by atoms with Gasteiger partial charge in [0.05, 0.1) is 13.0 Å². The van der Waals surface area contributed by atoms with E-state index in [1.165, 1.54) is 21.0 Å². The predicted molar refractivity (Wildman–Crippen MR) is 51.5 cm³/mol. The van der Waals surface area contributed by atoms with E-state index >= 15 is 0 Å². The minimum Gasteiger partial charge on any atom is -0.469 e. The Bertz CT molecular complexity index is 388. The van der Waals surface area contributed by atoms with Gasteiger partial charge in [0, 0.05) is 5.56 Å². The third-order valence-electron chi connectivity index (χ3n) is 2.30. The smallest absolute Gasteiger partial charge is 0.312 e. The molecule has 15 heavy (non-hydrogen) atoms. The maximum absolute atomic E-state index is 13.4. The highest BCUT2D eigenvalue weighted by atomic mass is 19.1. The molecule has 0 aliphatic heterocycles. The summed E-state index contributed by atoms with van der Waals surface area (Å²) in [7, 11) is 1.21. The van der Waals surface area contributed by atoms with Crippen LogP contribution in [0.4, 0.5) is 8.78 Å². The summed E-state index contributed by atoms with van der Waals surface area (Å²) in [6.45, 7) is 2.93. The maximum Gasteiger partial charge on any atom is 0.312 e. The lowest BCUT2D eigenvalue weighted by atomic mass is 9.99. The molecule has 1 rings (SSSR count). The van der Waals surface area contributed by atoms with Crippen molar-refractivity contribution in [1.82, 2.24) is 0 Å². The Labute approximate surface area is 86.9 Å². The van der Waals surface area contributed by atoms with Crippen molar-refractivity contribution in [2.45, 2.75) is 19.8 Å². The number of aryl methyl sites for hydroxylation is 1. The normalized spacial score (nSPS) is 12.3. The van der Waals surface area contributed by atoms with E-state index in [9.17, 15) is 13.6 Å². The molecule has 0 heterocycles. The Hall–Kier alpha value is -1.45. The standard InChI is InChI=1S/C11H12F2O2/c1-6-4-10(13)8(5-9(6)12)7(2)11(14)15-3/h4-5,7H,1-3H3/t7-/m0/s1. The fraction of sp³-hybridized carbons (Fsp3) is 0.364. The molecule has 82 valence electrons. The second-order valence-corrected chi connectivity index (χ2v) is 3.37. The highest BCUT2D eigenvalue weighted by Crippen LogP contribution is 2.23. The van der Waals surface area contributed by atoms with E-state index in [2.05, 4.69) is 4.74 Å². The number of hydrogen-bond acceptors (Lipinski definition) is 2. The second kappa shape index (κ2) is 4.38. The summed E-state index contributed by atoms with van der Waals surface area (Å²) in [5.74, 6) is -2.50. The van der Waals surface area contributed by atoms with Gasteiger partial charge < -0.3 is 4.74 Å². The van der Waals surface area contributed by atoms with Gasteiger partial charge >= 0.3 is 5.97 Å². The number of carbonyl (C=O) groups is 1. The quantitative estimate of drug-likeness (QED) is 0.707. The fourth-order valence-corrected chi connectivity index (χ4v) is 1.30. The molecule has 0 saturated heterocycles. The number of ether oxygens (including phenoxy) is 1. The average Bonchev–Trinajstić information content (AvgIpc) is 2.21. The molecule has 0 amide bonds. The number of hydrogen-bond donors (Lipinski definition) is 0. The summed E-state index contributed by atoms with van der Waals surface area (Å²) in [6, 6.07) is 2.11. The van der Waals surface area contributed by atoms with Crippen LogP contribution in [0, 0.1) is 18.6 Å². The molecule has 0 aliphatic carbocycles. The van der Waals surface area contributed by atoms with Gasteiger partial charge in [0.15, 0.2) is 0 Å². The average molecular weight is 214 g/mol. The highest BCUT2D eigenvalue weighted by molar-refractivity contribution is 5.77. The molecule has 0 spiro atoms. The first kappa shape index (κ1) is 11.6. The summed E-state index contributed by atoms with van der Waals surface area (Å²) < 4.78 is 31.0. The van der Waals surface area contributed by atoms with Gasteiger partial charge in [0.2, 0.25) is 0 Å². The number of carbonyl (C=O) groups excluding carboxylic acids is 1. The molecule has 0 radical (unpaired) electrons. The van der Waals surface area contributed by atoms with Crippen LogP contribution in [0.1, 0.15) is 24.0 Å². The van der Waals surface area contributed by atoms with Crippen molar-refractivity contribution in [3.63, 3.8) is 0 Å². The molecule has 0 N–H and O–H groups in total. The Morgan fingerprint density at radius 2 is 1.93 bits per heavy atom. The van der Waals surface area contributed by atoms with Crippen LogP contribution >= 0.6 is 0 Å². The van der Waals surface area contributed by atoms with E-state index in [0.29, 0.717) is 0 Å². The van der Waals surface area contributed by atoms with Crippen molar-refractivity contribution in [2.24, 2.45) is 0 Å². The zero-order valence-electron chi connectivity index (χ0n) is 8.80. The van der Waals surface area contributed by atoms with Crippen LogP contribution in [0.2, 0.25) is 0 Å². The van der Waals surface area contributed by atoms with Crippen LogP contribution in [0.25, 0.3) is 0 Å². The first-order valence-corrected chi connectivity index (χ1v) is 4.50. The van der Waals surface area contributed by atoms with Crippen LogP contribution in [0.3, 0.4) is 0 Å². The van der Waals surface area contributed by atoms with Gasteiger partial charge in [-0.2, -0.15) is 0 Å². The predicted octanol–water partition coefficient (Wildman–Crippen LogP) is 2.55. The first-order valence-electron chi connectivity index (χ1n) is 4.50. The molecule has 0 fully saturated rings. The van der Waals surface area contributed by atoms with Crippen LogP contribution in [0.15, 0.2) is 12.1 Å². The molecule has 1 aromatic rings. The number of esters is 1. The zero-order chi connectivity index (χ0) is 11.6. The van der Waals surface area contributed by atoms with Crippen molar-refractivity contribution in [2.75, 3.05) is 7.11 Å². The van der Waals surface area contributed by atoms with E-state index in [0.717, 1.165) is 12.1 Å². The van der Waals surface area contributed by atoms with E-state index in [4.69, 9.17) is 0 Å². The van der Waals surface area contributed by atoms with Crippen LogP contribution in [-0.2, 0) is 9.53 Å². The van der Waals surface area contributed by atoms with Crippen LogP contribution in [0.5, 0.6) is 0 Å². The molecule has 1 atom stereocenters. The summed E-state index contributed by atoms with van der Waals surface area (Å²) in [6.07, 6.45) is 0. The molecular formula is C11H12F2O2. The number of halogens is 2. The Morgan fingerprint density at radius 1 is 1.33 bits per heavy atom.